The lowest BCUT2D eigenvalue weighted by Gasteiger charge is -2.36. The third kappa shape index (κ3) is 3.11. The van der Waals surface area contributed by atoms with E-state index in [1.807, 2.05) is 38.1 Å². The first-order valence-electron chi connectivity index (χ1n) is 8.09. The Morgan fingerprint density at radius 2 is 1.79 bits per heavy atom. The maximum atomic E-state index is 13.0. The predicted octanol–water partition coefficient (Wildman–Crippen LogP) is 1.62. The quantitative estimate of drug-likeness (QED) is 0.852. The summed E-state index contributed by atoms with van der Waals surface area (Å²) in [4.78, 5) is 18.4. The number of hydrogen-bond acceptors (Lipinski definition) is 4. The molecule has 7 heteroatoms. The Balaban J connectivity index is 1.79. The van der Waals surface area contributed by atoms with Crippen molar-refractivity contribution in [1.82, 2.24) is 14.2 Å². The second kappa shape index (κ2) is 6.31. The smallest absolute Gasteiger partial charge is 0.211 e. The average Bonchev–Trinajstić information content (AvgIpc) is 2.88. The van der Waals surface area contributed by atoms with E-state index < -0.39 is 10.0 Å². The SMILES string of the molecule is Cc1[nH]c2ccccc2c1C(=O)[C@@H](C)N1CCN(S(C)(=O)=O)CC1. The van der Waals surface area contributed by atoms with Gasteiger partial charge in [-0.15, -0.1) is 0 Å². The van der Waals surface area contributed by atoms with Crippen LogP contribution in [0.4, 0.5) is 0 Å². The first-order valence-corrected chi connectivity index (χ1v) is 9.94. The Labute approximate surface area is 142 Å². The van der Waals surface area contributed by atoms with Gasteiger partial charge in [0.1, 0.15) is 0 Å². The fraction of sp³-hybridized carbons (Fsp3) is 0.471. The highest BCUT2D eigenvalue weighted by molar-refractivity contribution is 7.88. The number of hydrogen-bond donors (Lipinski definition) is 1. The summed E-state index contributed by atoms with van der Waals surface area (Å²) in [5, 5.41) is 0.946. The van der Waals surface area contributed by atoms with Crippen molar-refractivity contribution < 1.29 is 13.2 Å². The summed E-state index contributed by atoms with van der Waals surface area (Å²) in [6, 6.07) is 7.53. The van der Waals surface area contributed by atoms with Gasteiger partial charge in [0.05, 0.1) is 12.3 Å². The van der Waals surface area contributed by atoms with E-state index in [1.54, 1.807) is 0 Å². The first kappa shape index (κ1) is 17.1. The lowest BCUT2D eigenvalue weighted by Crippen LogP contribution is -2.52. The van der Waals surface area contributed by atoms with Crippen molar-refractivity contribution in [1.29, 1.82) is 0 Å². The molecule has 130 valence electrons. The lowest BCUT2D eigenvalue weighted by molar-refractivity contribution is 0.0784. The number of nitrogens with zero attached hydrogens (tertiary/aromatic N) is 2. The highest BCUT2D eigenvalue weighted by atomic mass is 32.2. The normalized spacial score (nSPS) is 18.8. The minimum atomic E-state index is -3.16. The first-order chi connectivity index (χ1) is 11.3. The molecule has 2 heterocycles. The van der Waals surface area contributed by atoms with Gasteiger partial charge in [-0.05, 0) is 19.9 Å². The van der Waals surface area contributed by atoms with Crippen LogP contribution in [0, 0.1) is 6.92 Å². The molecule has 24 heavy (non-hydrogen) atoms. The largest absolute Gasteiger partial charge is 0.358 e. The molecule has 1 saturated heterocycles. The zero-order chi connectivity index (χ0) is 17.5. The van der Waals surface area contributed by atoms with Crippen LogP contribution in [0.2, 0.25) is 0 Å². The maximum absolute atomic E-state index is 13.0. The van der Waals surface area contributed by atoms with E-state index >= 15 is 0 Å². The van der Waals surface area contributed by atoms with Gasteiger partial charge < -0.3 is 4.98 Å². The van der Waals surface area contributed by atoms with E-state index in [2.05, 4.69) is 9.88 Å². The van der Waals surface area contributed by atoms with Crippen LogP contribution in [0.3, 0.4) is 0 Å². The van der Waals surface area contributed by atoms with E-state index in [4.69, 9.17) is 0 Å². The molecular weight excluding hydrogens is 326 g/mol. The molecule has 6 nitrogen and oxygen atoms in total. The monoisotopic (exact) mass is 349 g/mol. The third-order valence-corrected chi connectivity index (χ3v) is 6.11. The maximum Gasteiger partial charge on any atom is 0.211 e. The van der Waals surface area contributed by atoms with Gasteiger partial charge in [0.25, 0.3) is 0 Å². The number of sulfonamides is 1. The second-order valence-electron chi connectivity index (χ2n) is 6.41. The summed E-state index contributed by atoms with van der Waals surface area (Å²) in [7, 11) is -3.16. The average molecular weight is 349 g/mol. The fourth-order valence-corrected chi connectivity index (χ4v) is 4.22. The van der Waals surface area contributed by atoms with E-state index in [0.717, 1.165) is 22.2 Å². The van der Waals surface area contributed by atoms with E-state index in [1.165, 1.54) is 10.6 Å². The van der Waals surface area contributed by atoms with Gasteiger partial charge in [0.15, 0.2) is 5.78 Å². The zero-order valence-corrected chi connectivity index (χ0v) is 15.1. The van der Waals surface area contributed by atoms with Crippen LogP contribution in [0.25, 0.3) is 10.9 Å². The topological polar surface area (TPSA) is 73.5 Å². The Morgan fingerprint density at radius 1 is 1.17 bits per heavy atom. The third-order valence-electron chi connectivity index (χ3n) is 4.81. The highest BCUT2D eigenvalue weighted by Gasteiger charge is 2.30. The molecule has 0 saturated carbocycles. The number of aromatic amines is 1. The molecule has 2 aromatic rings. The van der Waals surface area contributed by atoms with Crippen LogP contribution < -0.4 is 0 Å². The molecule has 0 spiro atoms. The Hall–Kier alpha value is -1.70. The van der Waals surface area contributed by atoms with Crippen molar-refractivity contribution in [3.63, 3.8) is 0 Å². The number of fused-ring (bicyclic) bond motifs is 1. The van der Waals surface area contributed by atoms with E-state index in [0.29, 0.717) is 26.2 Å². The number of aromatic nitrogens is 1. The van der Waals surface area contributed by atoms with Crippen LogP contribution in [0.15, 0.2) is 24.3 Å². The lowest BCUT2D eigenvalue weighted by atomic mass is 10.0. The van der Waals surface area contributed by atoms with Gasteiger partial charge in [-0.1, -0.05) is 18.2 Å². The Kier molecular flexibility index (Phi) is 4.50. The van der Waals surface area contributed by atoms with Gasteiger partial charge >= 0.3 is 0 Å². The van der Waals surface area contributed by atoms with E-state index in [9.17, 15) is 13.2 Å². The zero-order valence-electron chi connectivity index (χ0n) is 14.2. The Bertz CT molecular complexity index is 864. The molecule has 3 rings (SSSR count). The van der Waals surface area contributed by atoms with Crippen molar-refractivity contribution in [2.45, 2.75) is 19.9 Å². The van der Waals surface area contributed by atoms with Crippen LogP contribution >= 0.6 is 0 Å². The summed E-state index contributed by atoms with van der Waals surface area (Å²) < 4.78 is 24.7. The van der Waals surface area contributed by atoms with E-state index in [-0.39, 0.29) is 11.8 Å². The fourth-order valence-electron chi connectivity index (χ4n) is 3.39. The molecule has 0 amide bonds. The number of para-hydroxylation sites is 1. The molecule has 1 aliphatic rings. The van der Waals surface area contributed by atoms with Crippen molar-refractivity contribution in [2.24, 2.45) is 0 Å². The minimum absolute atomic E-state index is 0.0813. The molecule has 1 aromatic carbocycles. The van der Waals surface area contributed by atoms with Crippen molar-refractivity contribution in [2.75, 3.05) is 32.4 Å². The van der Waals surface area contributed by atoms with Crippen molar-refractivity contribution >= 4 is 26.7 Å². The van der Waals surface area contributed by atoms with Crippen LogP contribution in [-0.2, 0) is 10.0 Å². The van der Waals surface area contributed by atoms with Crippen molar-refractivity contribution in [3.05, 3.63) is 35.5 Å². The number of carbonyl (C=O) groups is 1. The minimum Gasteiger partial charge on any atom is -0.358 e. The molecular formula is C17H23N3O3S. The molecule has 0 aliphatic carbocycles. The van der Waals surface area contributed by atoms with Crippen LogP contribution in [0.5, 0.6) is 0 Å². The van der Waals surface area contributed by atoms with Gasteiger partial charge in [-0.2, -0.15) is 4.31 Å². The number of nitrogens with one attached hydrogen (secondary N) is 1. The second-order valence-corrected chi connectivity index (χ2v) is 8.39. The number of H-pyrrole nitrogens is 1. The number of piperazine rings is 1. The molecule has 0 bridgehead atoms. The summed E-state index contributed by atoms with van der Waals surface area (Å²) in [6.07, 6.45) is 1.23. The number of carbonyl (C=O) groups excluding carboxylic acids is 1. The molecule has 1 N–H and O–H groups in total. The summed E-state index contributed by atoms with van der Waals surface area (Å²) in [5.41, 5.74) is 2.58. The highest BCUT2D eigenvalue weighted by Crippen LogP contribution is 2.24. The predicted molar refractivity (Wildman–Crippen MR) is 94.8 cm³/mol. The summed E-state index contributed by atoms with van der Waals surface area (Å²) in [6.45, 7) is 5.83. The number of ketones is 1. The molecule has 0 unspecified atom stereocenters. The van der Waals surface area contributed by atoms with Crippen LogP contribution in [0.1, 0.15) is 23.0 Å². The number of rotatable bonds is 4. The van der Waals surface area contributed by atoms with Crippen molar-refractivity contribution in [3.8, 4) is 0 Å². The Morgan fingerprint density at radius 3 is 2.42 bits per heavy atom. The van der Waals surface area contributed by atoms with Gasteiger partial charge in [-0.25, -0.2) is 8.42 Å². The van der Waals surface area contributed by atoms with Gasteiger partial charge in [0, 0.05) is 48.3 Å². The number of benzene rings is 1. The number of aryl methyl sites for hydroxylation is 1. The standard InChI is InChI=1S/C17H23N3O3S/c1-12-16(14-6-4-5-7-15(14)18-12)17(21)13(2)19-8-10-20(11-9-19)24(3,22)23/h4-7,13,18H,8-11H2,1-3H3/t13-/m1/s1. The molecule has 1 atom stereocenters. The molecule has 1 aliphatic heterocycles. The number of Topliss-reactive ketones (excluding diaryl/α,β-unsaturated/α-hetero) is 1. The van der Waals surface area contributed by atoms with Gasteiger partial charge in [-0.3, -0.25) is 9.69 Å². The molecule has 1 aromatic heterocycles. The molecule has 0 radical (unpaired) electrons. The molecule has 1 fully saturated rings. The van der Waals surface area contributed by atoms with Gasteiger partial charge in [0.2, 0.25) is 10.0 Å². The van der Waals surface area contributed by atoms with Crippen LogP contribution in [-0.4, -0.2) is 66.9 Å². The summed E-state index contributed by atoms with van der Waals surface area (Å²) >= 11 is 0. The summed E-state index contributed by atoms with van der Waals surface area (Å²) in [5.74, 6) is 0.0813.